The number of pyridine rings is 1. The minimum absolute atomic E-state index is 0.309. The number of halogens is 1. The third kappa shape index (κ3) is 2.54. The van der Waals surface area contributed by atoms with E-state index in [0.29, 0.717) is 11.1 Å². The number of aromatic nitrogens is 3. The lowest BCUT2D eigenvalue weighted by atomic mass is 10.2. The van der Waals surface area contributed by atoms with Crippen LogP contribution in [-0.4, -0.2) is 40.6 Å². The Morgan fingerprint density at radius 1 is 1.10 bits per heavy atom. The van der Waals surface area contributed by atoms with Crippen LogP contribution >= 0.6 is 11.6 Å². The molecule has 0 aromatic carbocycles. The predicted octanol–water partition coefficient (Wildman–Crippen LogP) is 2.24. The van der Waals surface area contributed by atoms with E-state index in [4.69, 9.17) is 11.6 Å². The fraction of sp³-hybridized carbons (Fsp3) is 0.357. The highest BCUT2D eigenvalue weighted by Gasteiger charge is 2.26. The maximum Gasteiger partial charge on any atom is 0.225 e. The van der Waals surface area contributed by atoms with Crippen LogP contribution in [-0.2, 0) is 0 Å². The summed E-state index contributed by atoms with van der Waals surface area (Å²) in [6.45, 7) is 4.74. The summed E-state index contributed by atoms with van der Waals surface area (Å²) < 4.78 is 0. The maximum absolute atomic E-state index is 6.22. The molecule has 0 N–H and O–H groups in total. The number of hydrogen-bond donors (Lipinski definition) is 0. The van der Waals surface area contributed by atoms with Gasteiger partial charge < -0.3 is 9.80 Å². The predicted molar refractivity (Wildman–Crippen MR) is 80.3 cm³/mol. The van der Waals surface area contributed by atoms with Crippen LogP contribution in [0.5, 0.6) is 0 Å². The molecule has 0 radical (unpaired) electrons. The molecule has 0 bridgehead atoms. The van der Waals surface area contributed by atoms with Crippen molar-refractivity contribution in [3.8, 4) is 0 Å². The first-order chi connectivity index (χ1) is 9.75. The molecule has 3 heterocycles. The molecule has 104 valence electrons. The molecule has 2 aromatic heterocycles. The summed E-state index contributed by atoms with van der Waals surface area (Å²) in [5.41, 5.74) is 0. The van der Waals surface area contributed by atoms with Crippen LogP contribution in [0.25, 0.3) is 0 Å². The van der Waals surface area contributed by atoms with Crippen molar-refractivity contribution >= 4 is 23.4 Å². The van der Waals surface area contributed by atoms with Gasteiger partial charge in [0.25, 0.3) is 0 Å². The van der Waals surface area contributed by atoms with Crippen molar-refractivity contribution in [1.82, 2.24) is 15.0 Å². The molecule has 2 aromatic rings. The molecule has 5 nitrogen and oxygen atoms in total. The minimum Gasteiger partial charge on any atom is -0.352 e. The SMILES string of the molecule is C[C@H]1CN(c2ncccc2Cl)CCN1c1ncccn1. The Balaban J connectivity index is 1.76. The van der Waals surface area contributed by atoms with E-state index < -0.39 is 0 Å². The maximum atomic E-state index is 6.22. The van der Waals surface area contributed by atoms with Gasteiger partial charge in [-0.1, -0.05) is 11.6 Å². The Labute approximate surface area is 123 Å². The van der Waals surface area contributed by atoms with Crippen LogP contribution in [0.1, 0.15) is 6.92 Å². The van der Waals surface area contributed by atoms with Crippen molar-refractivity contribution in [2.75, 3.05) is 29.4 Å². The van der Waals surface area contributed by atoms with Crippen LogP contribution in [0.3, 0.4) is 0 Å². The summed E-state index contributed by atoms with van der Waals surface area (Å²) in [6.07, 6.45) is 5.33. The van der Waals surface area contributed by atoms with Gasteiger partial charge in [0.15, 0.2) is 0 Å². The molecule has 0 amide bonds. The molecule has 0 aliphatic carbocycles. The highest BCUT2D eigenvalue weighted by Crippen LogP contribution is 2.25. The second-order valence-corrected chi connectivity index (χ2v) is 5.25. The van der Waals surface area contributed by atoms with Gasteiger partial charge in [-0.05, 0) is 25.1 Å². The zero-order valence-corrected chi connectivity index (χ0v) is 12.0. The van der Waals surface area contributed by atoms with E-state index in [1.165, 1.54) is 0 Å². The second kappa shape index (κ2) is 5.63. The zero-order chi connectivity index (χ0) is 13.9. The van der Waals surface area contributed by atoms with Gasteiger partial charge in [0.2, 0.25) is 5.95 Å². The van der Waals surface area contributed by atoms with Gasteiger partial charge in [-0.2, -0.15) is 0 Å². The Bertz CT molecular complexity index is 577. The fourth-order valence-electron chi connectivity index (χ4n) is 2.50. The van der Waals surface area contributed by atoms with Crippen molar-refractivity contribution in [2.45, 2.75) is 13.0 Å². The Morgan fingerprint density at radius 2 is 1.85 bits per heavy atom. The Hall–Kier alpha value is -1.88. The average Bonchev–Trinajstić information content (AvgIpc) is 2.48. The van der Waals surface area contributed by atoms with E-state index in [0.717, 1.165) is 31.4 Å². The van der Waals surface area contributed by atoms with E-state index in [1.807, 2.05) is 18.2 Å². The van der Waals surface area contributed by atoms with Crippen LogP contribution < -0.4 is 9.80 Å². The summed E-state index contributed by atoms with van der Waals surface area (Å²) in [7, 11) is 0. The number of hydrogen-bond acceptors (Lipinski definition) is 5. The van der Waals surface area contributed by atoms with Gasteiger partial charge in [0.05, 0.1) is 5.02 Å². The first-order valence-corrected chi connectivity index (χ1v) is 7.02. The largest absolute Gasteiger partial charge is 0.352 e. The second-order valence-electron chi connectivity index (χ2n) is 4.85. The first-order valence-electron chi connectivity index (χ1n) is 6.65. The Kier molecular flexibility index (Phi) is 3.69. The summed E-state index contributed by atoms with van der Waals surface area (Å²) in [4.78, 5) is 17.5. The topological polar surface area (TPSA) is 45.2 Å². The molecular weight excluding hydrogens is 274 g/mol. The van der Waals surface area contributed by atoms with Crippen molar-refractivity contribution in [3.05, 3.63) is 41.8 Å². The van der Waals surface area contributed by atoms with Crippen LogP contribution in [0.15, 0.2) is 36.8 Å². The normalized spacial score (nSPS) is 19.2. The van der Waals surface area contributed by atoms with E-state index in [-0.39, 0.29) is 0 Å². The lowest BCUT2D eigenvalue weighted by Gasteiger charge is -2.40. The van der Waals surface area contributed by atoms with Crippen LogP contribution in [0.2, 0.25) is 5.02 Å². The molecular formula is C14H16ClN5. The molecule has 0 unspecified atom stereocenters. The molecule has 20 heavy (non-hydrogen) atoms. The molecule has 1 aliphatic heterocycles. The third-order valence-corrected chi connectivity index (χ3v) is 3.77. The molecule has 1 saturated heterocycles. The smallest absolute Gasteiger partial charge is 0.225 e. The van der Waals surface area contributed by atoms with Crippen molar-refractivity contribution in [1.29, 1.82) is 0 Å². The average molecular weight is 290 g/mol. The van der Waals surface area contributed by atoms with Gasteiger partial charge >= 0.3 is 0 Å². The van der Waals surface area contributed by atoms with E-state index >= 15 is 0 Å². The van der Waals surface area contributed by atoms with E-state index in [9.17, 15) is 0 Å². The van der Waals surface area contributed by atoms with Crippen LogP contribution in [0, 0.1) is 0 Å². The van der Waals surface area contributed by atoms with E-state index in [1.54, 1.807) is 18.6 Å². The number of anilines is 2. The molecule has 3 rings (SSSR count). The molecule has 1 fully saturated rings. The highest BCUT2D eigenvalue weighted by molar-refractivity contribution is 6.32. The molecule has 0 saturated carbocycles. The highest BCUT2D eigenvalue weighted by atomic mass is 35.5. The summed E-state index contributed by atoms with van der Waals surface area (Å²) in [6, 6.07) is 5.87. The Morgan fingerprint density at radius 3 is 2.55 bits per heavy atom. The van der Waals surface area contributed by atoms with Crippen LogP contribution in [0.4, 0.5) is 11.8 Å². The fourth-order valence-corrected chi connectivity index (χ4v) is 2.74. The van der Waals surface area contributed by atoms with Gasteiger partial charge in [-0.3, -0.25) is 0 Å². The third-order valence-electron chi connectivity index (χ3n) is 3.48. The lowest BCUT2D eigenvalue weighted by molar-refractivity contribution is 0.537. The van der Waals surface area contributed by atoms with Gasteiger partial charge in [-0.25, -0.2) is 15.0 Å². The molecule has 6 heteroatoms. The van der Waals surface area contributed by atoms with Gasteiger partial charge in [-0.15, -0.1) is 0 Å². The zero-order valence-electron chi connectivity index (χ0n) is 11.3. The van der Waals surface area contributed by atoms with Crippen molar-refractivity contribution < 1.29 is 0 Å². The summed E-state index contributed by atoms with van der Waals surface area (Å²) >= 11 is 6.22. The minimum atomic E-state index is 0.309. The summed E-state index contributed by atoms with van der Waals surface area (Å²) in [5.74, 6) is 1.64. The van der Waals surface area contributed by atoms with E-state index in [2.05, 4.69) is 31.7 Å². The quantitative estimate of drug-likeness (QED) is 0.848. The number of rotatable bonds is 2. The van der Waals surface area contributed by atoms with Gasteiger partial charge in [0.1, 0.15) is 5.82 Å². The summed E-state index contributed by atoms with van der Waals surface area (Å²) in [5, 5.41) is 0.698. The standard InChI is InChI=1S/C14H16ClN5/c1-11-10-19(13-12(15)4-2-5-16-13)8-9-20(11)14-17-6-3-7-18-14/h2-7,11H,8-10H2,1H3/t11-/m0/s1. The lowest BCUT2D eigenvalue weighted by Crippen LogP contribution is -2.53. The first kappa shape index (κ1) is 13.1. The molecule has 0 spiro atoms. The van der Waals surface area contributed by atoms with Gasteiger partial charge in [0, 0.05) is 44.3 Å². The molecule has 1 aliphatic rings. The van der Waals surface area contributed by atoms with Crippen molar-refractivity contribution in [2.24, 2.45) is 0 Å². The molecule has 1 atom stereocenters. The monoisotopic (exact) mass is 289 g/mol. The number of piperazine rings is 1. The number of nitrogens with zero attached hydrogens (tertiary/aromatic N) is 5. The van der Waals surface area contributed by atoms with Crippen molar-refractivity contribution in [3.63, 3.8) is 0 Å².